The van der Waals surface area contributed by atoms with E-state index >= 15 is 0 Å². The molecule has 1 aromatic rings. The highest BCUT2D eigenvalue weighted by molar-refractivity contribution is 6.32. The summed E-state index contributed by atoms with van der Waals surface area (Å²) in [5, 5.41) is 9.09. The minimum absolute atomic E-state index is 0.316. The molecule has 1 aromatic carbocycles. The number of nitrogens with one attached hydrogen (secondary N) is 1. The van der Waals surface area contributed by atoms with Crippen molar-refractivity contribution in [3.05, 3.63) is 28.3 Å². The first-order chi connectivity index (χ1) is 6.19. The van der Waals surface area contributed by atoms with Gasteiger partial charge in [0.25, 0.3) is 0 Å². The minimum atomic E-state index is 0.316. The van der Waals surface area contributed by atoms with E-state index < -0.39 is 0 Å². The largest absolute Gasteiger partial charge is 0.495 e. The van der Waals surface area contributed by atoms with Crippen LogP contribution >= 0.6 is 11.6 Å². The van der Waals surface area contributed by atoms with E-state index in [1.54, 1.807) is 7.11 Å². The summed E-state index contributed by atoms with van der Waals surface area (Å²) in [4.78, 5) is 0. The molecule has 0 spiro atoms. The molecule has 0 aliphatic heterocycles. The molecule has 0 saturated carbocycles. The second-order valence-electron chi connectivity index (χ2n) is 2.78. The van der Waals surface area contributed by atoms with Crippen molar-refractivity contribution in [2.75, 3.05) is 7.11 Å². The minimum Gasteiger partial charge on any atom is -0.495 e. The Balaban J connectivity index is 3.11. The summed E-state index contributed by atoms with van der Waals surface area (Å²) in [6, 6.07) is 3.75. The number of methoxy groups -OCH3 is 1. The first-order valence-corrected chi connectivity index (χ1v) is 4.26. The Labute approximate surface area is 82.2 Å². The summed E-state index contributed by atoms with van der Waals surface area (Å²) >= 11 is 5.98. The van der Waals surface area contributed by atoms with E-state index in [1.807, 2.05) is 19.1 Å². The maximum absolute atomic E-state index is 8.55. The average molecular weight is 202 g/mol. The summed E-state index contributed by atoms with van der Waals surface area (Å²) in [7, 11) is 1.57. The van der Waals surface area contributed by atoms with Gasteiger partial charge in [-0.25, -0.2) is 5.48 Å². The fraction of sp³-hybridized carbons (Fsp3) is 0.333. The number of hydroxylamine groups is 1. The van der Waals surface area contributed by atoms with Gasteiger partial charge in [-0.3, -0.25) is 0 Å². The van der Waals surface area contributed by atoms with E-state index in [1.165, 1.54) is 0 Å². The fourth-order valence-electron chi connectivity index (χ4n) is 1.17. The van der Waals surface area contributed by atoms with Crippen LogP contribution in [0.15, 0.2) is 12.1 Å². The van der Waals surface area contributed by atoms with Crippen LogP contribution in [0.25, 0.3) is 0 Å². The number of rotatable bonds is 3. The van der Waals surface area contributed by atoms with Crippen molar-refractivity contribution < 1.29 is 9.94 Å². The molecule has 2 N–H and O–H groups in total. The number of hydrogen-bond donors (Lipinski definition) is 2. The Morgan fingerprint density at radius 2 is 2.23 bits per heavy atom. The van der Waals surface area contributed by atoms with Crippen molar-refractivity contribution in [1.29, 1.82) is 0 Å². The number of aryl methyl sites for hydroxylation is 1. The normalized spacial score (nSPS) is 10.2. The molecule has 3 nitrogen and oxygen atoms in total. The van der Waals surface area contributed by atoms with E-state index in [2.05, 4.69) is 5.48 Å². The molecule has 0 aliphatic rings. The van der Waals surface area contributed by atoms with Crippen molar-refractivity contribution in [2.24, 2.45) is 0 Å². The van der Waals surface area contributed by atoms with Gasteiger partial charge in [-0.15, -0.1) is 0 Å². The lowest BCUT2D eigenvalue weighted by Crippen LogP contribution is -2.07. The summed E-state index contributed by atoms with van der Waals surface area (Å²) in [6.45, 7) is 2.26. The average Bonchev–Trinajstić information content (AvgIpc) is 2.11. The van der Waals surface area contributed by atoms with Gasteiger partial charge in [0.15, 0.2) is 0 Å². The quantitative estimate of drug-likeness (QED) is 0.737. The predicted molar refractivity (Wildman–Crippen MR) is 51.4 cm³/mol. The SMILES string of the molecule is COc1cc(C)cc(CNO)c1Cl. The number of hydrogen-bond acceptors (Lipinski definition) is 3. The van der Waals surface area contributed by atoms with Gasteiger partial charge in [-0.1, -0.05) is 17.7 Å². The Hall–Kier alpha value is -0.770. The van der Waals surface area contributed by atoms with Crippen molar-refractivity contribution >= 4 is 11.6 Å². The molecule has 0 fully saturated rings. The van der Waals surface area contributed by atoms with Crippen molar-refractivity contribution in [3.8, 4) is 5.75 Å². The van der Waals surface area contributed by atoms with Crippen LogP contribution < -0.4 is 10.2 Å². The highest BCUT2D eigenvalue weighted by atomic mass is 35.5. The lowest BCUT2D eigenvalue weighted by molar-refractivity contribution is 0.161. The zero-order chi connectivity index (χ0) is 9.84. The molecule has 1 rings (SSSR count). The Morgan fingerprint density at radius 3 is 2.77 bits per heavy atom. The molecule has 0 amide bonds. The topological polar surface area (TPSA) is 41.5 Å². The van der Waals surface area contributed by atoms with E-state index in [9.17, 15) is 0 Å². The molecule has 0 atom stereocenters. The van der Waals surface area contributed by atoms with Crippen molar-refractivity contribution in [3.63, 3.8) is 0 Å². The molecule has 0 heterocycles. The van der Waals surface area contributed by atoms with Crippen LogP contribution in [0.3, 0.4) is 0 Å². The third kappa shape index (κ3) is 2.34. The van der Waals surface area contributed by atoms with E-state index in [0.717, 1.165) is 11.1 Å². The number of ether oxygens (including phenoxy) is 1. The predicted octanol–water partition coefficient (Wildman–Crippen LogP) is 2.14. The summed E-state index contributed by atoms with van der Waals surface area (Å²) < 4.78 is 5.07. The van der Waals surface area contributed by atoms with E-state index in [-0.39, 0.29) is 0 Å². The van der Waals surface area contributed by atoms with Gasteiger partial charge >= 0.3 is 0 Å². The van der Waals surface area contributed by atoms with Gasteiger partial charge in [0.1, 0.15) is 5.75 Å². The van der Waals surface area contributed by atoms with E-state index in [0.29, 0.717) is 17.3 Å². The zero-order valence-corrected chi connectivity index (χ0v) is 8.35. The molecular formula is C9H12ClNO2. The van der Waals surface area contributed by atoms with Crippen molar-refractivity contribution in [1.82, 2.24) is 5.48 Å². The lowest BCUT2D eigenvalue weighted by atomic mass is 10.1. The Bertz CT molecular complexity index is 302. The summed E-state index contributed by atoms with van der Waals surface area (Å²) in [6.07, 6.45) is 0. The fourth-order valence-corrected chi connectivity index (χ4v) is 1.42. The summed E-state index contributed by atoms with van der Waals surface area (Å²) in [5.41, 5.74) is 3.93. The van der Waals surface area contributed by atoms with Crippen LogP contribution in [0.1, 0.15) is 11.1 Å². The van der Waals surface area contributed by atoms with Crippen LogP contribution in [-0.2, 0) is 6.54 Å². The Kier molecular flexibility index (Phi) is 3.54. The van der Waals surface area contributed by atoms with Gasteiger partial charge in [-0.05, 0) is 24.1 Å². The molecule has 0 unspecified atom stereocenters. The van der Waals surface area contributed by atoms with E-state index in [4.69, 9.17) is 21.5 Å². The van der Waals surface area contributed by atoms with Gasteiger partial charge in [0.05, 0.1) is 12.1 Å². The molecule has 72 valence electrons. The molecule has 0 bridgehead atoms. The molecule has 13 heavy (non-hydrogen) atoms. The van der Waals surface area contributed by atoms with Crippen LogP contribution in [0, 0.1) is 6.92 Å². The van der Waals surface area contributed by atoms with Gasteiger partial charge in [0.2, 0.25) is 0 Å². The zero-order valence-electron chi connectivity index (χ0n) is 7.60. The maximum atomic E-state index is 8.55. The third-order valence-corrected chi connectivity index (χ3v) is 2.18. The monoisotopic (exact) mass is 201 g/mol. The molecule has 0 aromatic heterocycles. The maximum Gasteiger partial charge on any atom is 0.138 e. The smallest absolute Gasteiger partial charge is 0.138 e. The molecule has 0 radical (unpaired) electrons. The second kappa shape index (κ2) is 4.46. The number of halogens is 1. The second-order valence-corrected chi connectivity index (χ2v) is 3.15. The highest BCUT2D eigenvalue weighted by Gasteiger charge is 2.07. The first-order valence-electron chi connectivity index (χ1n) is 3.89. The van der Waals surface area contributed by atoms with Crippen LogP contribution in [0.2, 0.25) is 5.02 Å². The number of benzene rings is 1. The Morgan fingerprint density at radius 1 is 1.54 bits per heavy atom. The molecular weight excluding hydrogens is 190 g/mol. The molecule has 0 aliphatic carbocycles. The first kappa shape index (κ1) is 10.3. The molecule has 0 saturated heterocycles. The molecule has 4 heteroatoms. The van der Waals surface area contributed by atoms with Crippen LogP contribution in [0.4, 0.5) is 0 Å². The summed E-state index contributed by atoms with van der Waals surface area (Å²) in [5.74, 6) is 0.631. The lowest BCUT2D eigenvalue weighted by Gasteiger charge is -2.09. The van der Waals surface area contributed by atoms with Gasteiger partial charge in [0, 0.05) is 6.54 Å². The van der Waals surface area contributed by atoms with Crippen molar-refractivity contribution in [2.45, 2.75) is 13.5 Å². The van der Waals surface area contributed by atoms with Gasteiger partial charge < -0.3 is 9.94 Å². The van der Waals surface area contributed by atoms with Crippen LogP contribution in [-0.4, -0.2) is 12.3 Å². The van der Waals surface area contributed by atoms with Crippen LogP contribution in [0.5, 0.6) is 5.75 Å². The standard InChI is InChI=1S/C9H12ClNO2/c1-6-3-7(5-11-12)9(10)8(4-6)13-2/h3-4,11-12H,5H2,1-2H3. The highest BCUT2D eigenvalue weighted by Crippen LogP contribution is 2.29. The third-order valence-electron chi connectivity index (χ3n) is 1.75. The van der Waals surface area contributed by atoms with Gasteiger partial charge in [-0.2, -0.15) is 0 Å².